The predicted molar refractivity (Wildman–Crippen MR) is 62.4 cm³/mol. The number of nitrogens with zero attached hydrogens (tertiary/aromatic N) is 2. The van der Waals surface area contributed by atoms with E-state index in [2.05, 4.69) is 5.32 Å². The number of carbonyl (C=O) groups is 1. The van der Waals surface area contributed by atoms with Gasteiger partial charge in [0, 0.05) is 26.0 Å². The van der Waals surface area contributed by atoms with Crippen LogP contribution in [0, 0.1) is 17.1 Å². The molecule has 0 fully saturated rings. The van der Waals surface area contributed by atoms with Crippen molar-refractivity contribution in [2.24, 2.45) is 0 Å². The molecule has 0 atom stereocenters. The van der Waals surface area contributed by atoms with Crippen molar-refractivity contribution in [1.82, 2.24) is 4.90 Å². The summed E-state index contributed by atoms with van der Waals surface area (Å²) in [5.74, 6) is -1.01. The van der Waals surface area contributed by atoms with Gasteiger partial charge < -0.3 is 10.2 Å². The van der Waals surface area contributed by atoms with Crippen LogP contribution in [0.2, 0.25) is 0 Å². The third kappa shape index (κ3) is 3.95. The predicted octanol–water partition coefficient (Wildman–Crippen LogP) is 1.73. The van der Waals surface area contributed by atoms with Crippen LogP contribution in [-0.4, -0.2) is 24.9 Å². The van der Waals surface area contributed by atoms with E-state index in [1.54, 1.807) is 31.1 Å². The van der Waals surface area contributed by atoms with Gasteiger partial charge in [0.05, 0.1) is 0 Å². The first-order valence-corrected chi connectivity index (χ1v) is 4.88. The molecule has 88 valence electrons. The van der Waals surface area contributed by atoms with Crippen LogP contribution in [0.3, 0.4) is 0 Å². The van der Waals surface area contributed by atoms with Crippen molar-refractivity contribution < 1.29 is 9.18 Å². The summed E-state index contributed by atoms with van der Waals surface area (Å²) in [6, 6.07) is 7.27. The fourth-order valence-electron chi connectivity index (χ4n) is 1.16. The standard InChI is InChI=1S/C12H12FN3O/c1-16(2)8-9(7-14)12(17)15-11-5-3-4-10(13)6-11/h3-6,8H,1-2H3,(H,15,17). The number of halogens is 1. The Morgan fingerprint density at radius 1 is 1.53 bits per heavy atom. The summed E-state index contributed by atoms with van der Waals surface area (Å²) >= 11 is 0. The van der Waals surface area contributed by atoms with E-state index in [0.717, 1.165) is 0 Å². The van der Waals surface area contributed by atoms with Crippen molar-refractivity contribution in [3.63, 3.8) is 0 Å². The molecule has 1 rings (SSSR count). The fourth-order valence-corrected chi connectivity index (χ4v) is 1.16. The van der Waals surface area contributed by atoms with Crippen LogP contribution in [0.25, 0.3) is 0 Å². The van der Waals surface area contributed by atoms with Crippen molar-refractivity contribution in [2.45, 2.75) is 0 Å². The van der Waals surface area contributed by atoms with Crippen molar-refractivity contribution >= 4 is 11.6 Å². The van der Waals surface area contributed by atoms with E-state index in [1.165, 1.54) is 24.4 Å². The minimum absolute atomic E-state index is 0.0424. The van der Waals surface area contributed by atoms with Gasteiger partial charge in [0.1, 0.15) is 17.5 Å². The number of rotatable bonds is 3. The largest absolute Gasteiger partial charge is 0.382 e. The minimum atomic E-state index is -0.563. The lowest BCUT2D eigenvalue weighted by atomic mass is 10.2. The number of hydrogen-bond acceptors (Lipinski definition) is 3. The van der Waals surface area contributed by atoms with E-state index in [1.807, 2.05) is 0 Å². The van der Waals surface area contributed by atoms with Crippen LogP contribution in [0.5, 0.6) is 0 Å². The third-order valence-electron chi connectivity index (χ3n) is 1.83. The molecule has 1 aromatic carbocycles. The van der Waals surface area contributed by atoms with Gasteiger partial charge >= 0.3 is 0 Å². The van der Waals surface area contributed by atoms with Crippen molar-refractivity contribution in [2.75, 3.05) is 19.4 Å². The fraction of sp³-hybridized carbons (Fsp3) is 0.167. The van der Waals surface area contributed by atoms with Gasteiger partial charge in [-0.2, -0.15) is 5.26 Å². The summed E-state index contributed by atoms with van der Waals surface area (Å²) in [5.41, 5.74) is 0.272. The van der Waals surface area contributed by atoms with Crippen molar-refractivity contribution in [3.8, 4) is 6.07 Å². The number of benzene rings is 1. The zero-order chi connectivity index (χ0) is 12.8. The van der Waals surface area contributed by atoms with Gasteiger partial charge in [-0.25, -0.2) is 4.39 Å². The molecule has 0 aliphatic rings. The molecular weight excluding hydrogens is 221 g/mol. The van der Waals surface area contributed by atoms with Gasteiger partial charge in [-0.05, 0) is 18.2 Å². The van der Waals surface area contributed by atoms with E-state index in [-0.39, 0.29) is 5.57 Å². The van der Waals surface area contributed by atoms with Gasteiger partial charge in [-0.3, -0.25) is 4.79 Å². The van der Waals surface area contributed by atoms with Crippen LogP contribution >= 0.6 is 0 Å². The lowest BCUT2D eigenvalue weighted by Crippen LogP contribution is -2.16. The summed E-state index contributed by atoms with van der Waals surface area (Å²) in [5, 5.41) is 11.2. The van der Waals surface area contributed by atoms with Crippen LogP contribution in [0.15, 0.2) is 36.0 Å². The normalized spacial score (nSPS) is 10.6. The average Bonchev–Trinajstić information content (AvgIpc) is 2.25. The zero-order valence-corrected chi connectivity index (χ0v) is 9.57. The molecule has 0 unspecified atom stereocenters. The zero-order valence-electron chi connectivity index (χ0n) is 9.57. The van der Waals surface area contributed by atoms with E-state index in [4.69, 9.17) is 5.26 Å². The first kappa shape index (κ1) is 12.7. The Hall–Kier alpha value is -2.35. The maximum Gasteiger partial charge on any atom is 0.267 e. The Bertz CT molecular complexity index is 489. The van der Waals surface area contributed by atoms with Crippen LogP contribution in [0.1, 0.15) is 0 Å². The first-order valence-electron chi connectivity index (χ1n) is 4.88. The van der Waals surface area contributed by atoms with Crippen LogP contribution in [-0.2, 0) is 4.79 Å². The Balaban J connectivity index is 2.82. The monoisotopic (exact) mass is 233 g/mol. The Kier molecular flexibility index (Phi) is 4.23. The molecule has 1 aromatic rings. The number of carbonyl (C=O) groups excluding carboxylic acids is 1. The molecule has 0 aromatic heterocycles. The molecule has 0 saturated heterocycles. The smallest absolute Gasteiger partial charge is 0.267 e. The molecule has 0 radical (unpaired) electrons. The number of nitrogens with one attached hydrogen (secondary N) is 1. The van der Waals surface area contributed by atoms with Gasteiger partial charge in [-0.15, -0.1) is 0 Å². The number of nitriles is 1. The molecule has 5 heteroatoms. The maximum absolute atomic E-state index is 12.9. The van der Waals surface area contributed by atoms with Gasteiger partial charge in [0.15, 0.2) is 0 Å². The van der Waals surface area contributed by atoms with Crippen LogP contribution in [0.4, 0.5) is 10.1 Å². The molecule has 0 aliphatic carbocycles. The van der Waals surface area contributed by atoms with E-state index in [0.29, 0.717) is 5.69 Å². The minimum Gasteiger partial charge on any atom is -0.382 e. The molecule has 4 nitrogen and oxygen atoms in total. The summed E-state index contributed by atoms with van der Waals surface area (Å²) in [7, 11) is 3.40. The van der Waals surface area contributed by atoms with Gasteiger partial charge in [0.2, 0.25) is 0 Å². The highest BCUT2D eigenvalue weighted by Crippen LogP contribution is 2.10. The molecule has 0 saturated carbocycles. The third-order valence-corrected chi connectivity index (χ3v) is 1.83. The maximum atomic E-state index is 12.9. The average molecular weight is 233 g/mol. The highest BCUT2D eigenvalue weighted by molar-refractivity contribution is 6.06. The van der Waals surface area contributed by atoms with Gasteiger partial charge in [0.25, 0.3) is 5.91 Å². The van der Waals surface area contributed by atoms with Crippen molar-refractivity contribution in [1.29, 1.82) is 5.26 Å². The second-order valence-electron chi connectivity index (χ2n) is 3.58. The van der Waals surface area contributed by atoms with E-state index in [9.17, 15) is 9.18 Å². The Labute approximate surface area is 99.0 Å². The summed E-state index contributed by atoms with van der Waals surface area (Å²) in [6.07, 6.45) is 1.40. The summed E-state index contributed by atoms with van der Waals surface area (Å²) < 4.78 is 12.9. The first-order chi connectivity index (χ1) is 8.02. The quantitative estimate of drug-likeness (QED) is 0.639. The molecule has 1 amide bonds. The van der Waals surface area contributed by atoms with E-state index < -0.39 is 11.7 Å². The van der Waals surface area contributed by atoms with E-state index >= 15 is 0 Å². The summed E-state index contributed by atoms with van der Waals surface area (Å²) in [6.45, 7) is 0. The Morgan fingerprint density at radius 3 is 2.76 bits per heavy atom. The lowest BCUT2D eigenvalue weighted by Gasteiger charge is -2.07. The highest BCUT2D eigenvalue weighted by Gasteiger charge is 2.09. The Morgan fingerprint density at radius 2 is 2.24 bits per heavy atom. The van der Waals surface area contributed by atoms with Crippen molar-refractivity contribution in [3.05, 3.63) is 41.9 Å². The molecule has 0 aliphatic heterocycles. The molecular formula is C12H12FN3O. The van der Waals surface area contributed by atoms with Gasteiger partial charge in [-0.1, -0.05) is 6.07 Å². The molecule has 0 spiro atoms. The second kappa shape index (κ2) is 5.66. The molecule has 1 N–H and O–H groups in total. The molecule has 0 heterocycles. The second-order valence-corrected chi connectivity index (χ2v) is 3.58. The SMILES string of the molecule is CN(C)C=C(C#N)C(=O)Nc1cccc(F)c1. The topological polar surface area (TPSA) is 56.1 Å². The summed E-state index contributed by atoms with van der Waals surface area (Å²) in [4.78, 5) is 13.2. The number of hydrogen-bond donors (Lipinski definition) is 1. The lowest BCUT2D eigenvalue weighted by molar-refractivity contribution is -0.112. The molecule has 17 heavy (non-hydrogen) atoms. The number of amides is 1. The van der Waals surface area contributed by atoms with Crippen LogP contribution < -0.4 is 5.32 Å². The highest BCUT2D eigenvalue weighted by atomic mass is 19.1. The molecule has 0 bridgehead atoms. The number of anilines is 1.